The van der Waals surface area contributed by atoms with Crippen LogP contribution in [-0.2, 0) is 0 Å². The van der Waals surface area contributed by atoms with Gasteiger partial charge in [0.25, 0.3) is 0 Å². The second-order valence-electron chi connectivity index (χ2n) is 3.71. The summed E-state index contributed by atoms with van der Waals surface area (Å²) in [7, 11) is 0. The van der Waals surface area contributed by atoms with Gasteiger partial charge in [-0.1, -0.05) is 29.8 Å². The van der Waals surface area contributed by atoms with Gasteiger partial charge >= 0.3 is 0 Å². The lowest BCUT2D eigenvalue weighted by molar-refractivity contribution is 0.556. The fraction of sp³-hybridized carbons (Fsp3) is 0.600. The van der Waals surface area contributed by atoms with Crippen molar-refractivity contribution in [2.75, 3.05) is 0 Å². The quantitative estimate of drug-likeness (QED) is 0.528. The number of halogens is 3. The summed E-state index contributed by atoms with van der Waals surface area (Å²) < 4.78 is 2.34. The van der Waals surface area contributed by atoms with E-state index in [1.54, 1.807) is 11.3 Å². The second kappa shape index (κ2) is 6.02. The van der Waals surface area contributed by atoms with Gasteiger partial charge in [0.15, 0.2) is 0 Å². The van der Waals surface area contributed by atoms with Gasteiger partial charge in [0.1, 0.15) is 0 Å². The molecule has 14 heavy (non-hydrogen) atoms. The first-order valence-corrected chi connectivity index (χ1v) is 7.91. The molecule has 0 aromatic carbocycles. The Morgan fingerprint density at radius 3 is 2.36 bits per heavy atom. The van der Waals surface area contributed by atoms with Crippen LogP contribution < -0.4 is 0 Å². The van der Waals surface area contributed by atoms with Crippen LogP contribution in [0, 0.1) is 5.92 Å². The third-order valence-corrected chi connectivity index (χ3v) is 6.59. The van der Waals surface area contributed by atoms with E-state index < -0.39 is 0 Å². The molecule has 0 fully saturated rings. The minimum Gasteiger partial charge on any atom is -0.131 e. The molecule has 0 amide bonds. The van der Waals surface area contributed by atoms with E-state index in [2.05, 4.69) is 67.7 Å². The van der Waals surface area contributed by atoms with Gasteiger partial charge in [-0.15, -0.1) is 11.3 Å². The lowest BCUT2D eigenvalue weighted by Crippen LogP contribution is -1.91. The van der Waals surface area contributed by atoms with Crippen molar-refractivity contribution in [3.8, 4) is 0 Å². The molecular formula is C10H13Br3S. The normalized spacial score (nSPS) is 13.6. The fourth-order valence-corrected chi connectivity index (χ4v) is 3.92. The number of alkyl halides is 1. The van der Waals surface area contributed by atoms with Crippen LogP contribution in [0.1, 0.15) is 36.4 Å². The summed E-state index contributed by atoms with van der Waals surface area (Å²) in [4.78, 5) is 1.89. The summed E-state index contributed by atoms with van der Waals surface area (Å²) in [6.07, 6.45) is 2.47. The minimum atomic E-state index is 0.498. The number of thiophene rings is 1. The Morgan fingerprint density at radius 1 is 1.29 bits per heavy atom. The van der Waals surface area contributed by atoms with Crippen LogP contribution in [0.4, 0.5) is 0 Å². The van der Waals surface area contributed by atoms with E-state index in [1.807, 2.05) is 0 Å². The molecule has 0 nitrogen and oxygen atoms in total. The molecule has 1 atom stereocenters. The maximum absolute atomic E-state index is 3.73. The molecule has 0 N–H and O–H groups in total. The van der Waals surface area contributed by atoms with E-state index in [4.69, 9.17) is 0 Å². The van der Waals surface area contributed by atoms with E-state index in [9.17, 15) is 0 Å². The third kappa shape index (κ3) is 3.95. The van der Waals surface area contributed by atoms with Crippen LogP contribution >= 0.6 is 59.1 Å². The van der Waals surface area contributed by atoms with Gasteiger partial charge in [-0.05, 0) is 56.7 Å². The SMILES string of the molecule is CC(C)CCC(Br)c1cc(Br)c(Br)s1. The summed E-state index contributed by atoms with van der Waals surface area (Å²) in [5.41, 5.74) is 0. The molecule has 0 aliphatic carbocycles. The van der Waals surface area contributed by atoms with Crippen LogP contribution in [0.2, 0.25) is 0 Å². The zero-order valence-electron chi connectivity index (χ0n) is 8.19. The highest BCUT2D eigenvalue weighted by Gasteiger charge is 2.13. The van der Waals surface area contributed by atoms with Gasteiger partial charge in [-0.3, -0.25) is 0 Å². The predicted molar refractivity (Wildman–Crippen MR) is 75.5 cm³/mol. The summed E-state index contributed by atoms with van der Waals surface area (Å²) in [6, 6.07) is 2.19. The maximum atomic E-state index is 3.73. The Morgan fingerprint density at radius 2 is 1.93 bits per heavy atom. The van der Waals surface area contributed by atoms with Gasteiger partial charge in [-0.25, -0.2) is 0 Å². The zero-order valence-corrected chi connectivity index (χ0v) is 13.8. The zero-order chi connectivity index (χ0) is 10.7. The summed E-state index contributed by atoms with van der Waals surface area (Å²) in [6.45, 7) is 4.53. The van der Waals surface area contributed by atoms with Gasteiger partial charge in [0, 0.05) is 14.2 Å². The monoisotopic (exact) mass is 402 g/mol. The first-order chi connectivity index (χ1) is 6.50. The van der Waals surface area contributed by atoms with Gasteiger partial charge in [0.2, 0.25) is 0 Å². The van der Waals surface area contributed by atoms with Crippen LogP contribution in [0.25, 0.3) is 0 Å². The molecule has 80 valence electrons. The van der Waals surface area contributed by atoms with Crippen molar-refractivity contribution in [2.45, 2.75) is 31.5 Å². The van der Waals surface area contributed by atoms with Crippen molar-refractivity contribution < 1.29 is 0 Å². The second-order valence-corrected chi connectivity index (χ2v) is 8.07. The number of hydrogen-bond acceptors (Lipinski definition) is 1. The number of rotatable bonds is 4. The molecule has 1 aromatic rings. The minimum absolute atomic E-state index is 0.498. The summed E-state index contributed by atoms with van der Waals surface area (Å²) in [5.74, 6) is 0.780. The van der Waals surface area contributed by atoms with Crippen molar-refractivity contribution in [3.63, 3.8) is 0 Å². The first kappa shape index (κ1) is 13.2. The van der Waals surface area contributed by atoms with Crippen molar-refractivity contribution in [3.05, 3.63) is 19.2 Å². The van der Waals surface area contributed by atoms with Crippen LogP contribution in [0.5, 0.6) is 0 Å². The van der Waals surface area contributed by atoms with Crippen LogP contribution in [0.15, 0.2) is 14.3 Å². The van der Waals surface area contributed by atoms with Gasteiger partial charge in [-0.2, -0.15) is 0 Å². The summed E-state index contributed by atoms with van der Waals surface area (Å²) in [5, 5.41) is 0. The van der Waals surface area contributed by atoms with E-state index in [0.29, 0.717) is 4.83 Å². The third-order valence-electron chi connectivity index (χ3n) is 1.97. The molecule has 0 bridgehead atoms. The summed E-state index contributed by atoms with van der Waals surface area (Å²) >= 11 is 12.6. The Hall–Kier alpha value is 1.14. The van der Waals surface area contributed by atoms with E-state index in [-0.39, 0.29) is 0 Å². The molecule has 0 saturated heterocycles. The largest absolute Gasteiger partial charge is 0.131 e. The van der Waals surface area contributed by atoms with Crippen LogP contribution in [-0.4, -0.2) is 0 Å². The lowest BCUT2D eigenvalue weighted by atomic mass is 10.1. The average molecular weight is 405 g/mol. The molecule has 1 heterocycles. The molecule has 0 aliphatic rings. The highest BCUT2D eigenvalue weighted by Crippen LogP contribution is 2.40. The van der Waals surface area contributed by atoms with E-state index >= 15 is 0 Å². The average Bonchev–Trinajstić information content (AvgIpc) is 2.43. The van der Waals surface area contributed by atoms with Crippen molar-refractivity contribution in [1.29, 1.82) is 0 Å². The Balaban J connectivity index is 2.56. The molecular weight excluding hydrogens is 392 g/mol. The standard InChI is InChI=1S/C10H13Br3S/c1-6(2)3-4-7(11)9-5-8(12)10(13)14-9/h5-7H,3-4H2,1-2H3. The van der Waals surface area contributed by atoms with E-state index in [0.717, 1.165) is 10.4 Å². The van der Waals surface area contributed by atoms with Crippen molar-refractivity contribution in [1.82, 2.24) is 0 Å². The molecule has 0 spiro atoms. The maximum Gasteiger partial charge on any atom is 0.0843 e. The Labute approximate surface area is 115 Å². The molecule has 0 aliphatic heterocycles. The fourth-order valence-electron chi connectivity index (χ4n) is 1.14. The van der Waals surface area contributed by atoms with Crippen LogP contribution in [0.3, 0.4) is 0 Å². The highest BCUT2D eigenvalue weighted by molar-refractivity contribution is 9.13. The molecule has 0 radical (unpaired) electrons. The molecule has 4 heteroatoms. The van der Waals surface area contributed by atoms with Gasteiger partial charge in [0.05, 0.1) is 3.79 Å². The topological polar surface area (TPSA) is 0 Å². The number of hydrogen-bond donors (Lipinski definition) is 0. The lowest BCUT2D eigenvalue weighted by Gasteiger charge is -2.08. The smallest absolute Gasteiger partial charge is 0.0843 e. The molecule has 0 saturated carbocycles. The van der Waals surface area contributed by atoms with Crippen molar-refractivity contribution >= 4 is 59.1 Å². The molecule has 1 aromatic heterocycles. The molecule has 1 unspecified atom stereocenters. The van der Waals surface area contributed by atoms with E-state index in [1.165, 1.54) is 21.5 Å². The van der Waals surface area contributed by atoms with Crippen molar-refractivity contribution in [2.24, 2.45) is 5.92 Å². The van der Waals surface area contributed by atoms with Gasteiger partial charge < -0.3 is 0 Å². The Kier molecular flexibility index (Phi) is 5.68. The highest BCUT2D eigenvalue weighted by atomic mass is 79.9. The molecule has 1 rings (SSSR count). The first-order valence-electron chi connectivity index (χ1n) is 4.59. The predicted octanol–water partition coefficient (Wildman–Crippen LogP) is 6.15. The Bertz CT molecular complexity index is 274.